The molecule has 4 atom stereocenters. The number of carbonyl (C=O) groups excluding carboxylic acids is 2. The fourth-order valence-electron chi connectivity index (χ4n) is 4.91. The number of guanidine groups is 1. The third-order valence-corrected chi connectivity index (χ3v) is 6.33. The summed E-state index contributed by atoms with van der Waals surface area (Å²) in [7, 11) is 1.68. The minimum absolute atomic E-state index is 0.00652. The van der Waals surface area contributed by atoms with Crippen LogP contribution < -0.4 is 10.6 Å². The summed E-state index contributed by atoms with van der Waals surface area (Å²) in [6.07, 6.45) is 7.42. The molecule has 1 saturated carbocycles. The molecule has 0 aromatic carbocycles. The highest BCUT2D eigenvalue weighted by atomic mass is 16.3. The van der Waals surface area contributed by atoms with Crippen LogP contribution in [0, 0.1) is 23.7 Å². The van der Waals surface area contributed by atoms with Gasteiger partial charge in [-0.05, 0) is 36.8 Å². The maximum atomic E-state index is 12.7. The molecule has 2 aromatic heterocycles. The number of aromatic nitrogens is 3. The van der Waals surface area contributed by atoms with E-state index in [4.69, 9.17) is 4.42 Å². The van der Waals surface area contributed by atoms with Crippen LogP contribution in [0.15, 0.2) is 40.0 Å². The van der Waals surface area contributed by atoms with Crippen molar-refractivity contribution in [2.24, 2.45) is 28.7 Å². The molecule has 3 N–H and O–H groups in total. The first kappa shape index (κ1) is 19.5. The van der Waals surface area contributed by atoms with E-state index < -0.39 is 0 Å². The van der Waals surface area contributed by atoms with Crippen LogP contribution >= 0.6 is 0 Å². The predicted molar refractivity (Wildman–Crippen MR) is 111 cm³/mol. The third-order valence-electron chi connectivity index (χ3n) is 6.33. The van der Waals surface area contributed by atoms with Gasteiger partial charge in [0.1, 0.15) is 5.82 Å². The first-order valence-electron chi connectivity index (χ1n) is 10.6. The van der Waals surface area contributed by atoms with E-state index in [0.29, 0.717) is 49.4 Å². The molecule has 2 amide bonds. The molecule has 1 saturated heterocycles. The van der Waals surface area contributed by atoms with E-state index in [9.17, 15) is 9.59 Å². The van der Waals surface area contributed by atoms with Crippen LogP contribution in [0.5, 0.6) is 0 Å². The molecule has 31 heavy (non-hydrogen) atoms. The largest absolute Gasteiger partial charge is 0.461 e. The number of aromatic amines is 1. The maximum Gasteiger partial charge on any atom is 0.233 e. The number of furan rings is 1. The Kier molecular flexibility index (Phi) is 5.05. The Hall–Kier alpha value is -3.43. The van der Waals surface area contributed by atoms with Crippen molar-refractivity contribution in [3.8, 4) is 11.6 Å². The Bertz CT molecular complexity index is 996. The monoisotopic (exact) mass is 423 g/mol. The molecular formula is C21H25N7O3. The number of nitrogens with one attached hydrogen (secondary N) is 3. The number of imide groups is 1. The zero-order valence-electron chi connectivity index (χ0n) is 17.2. The number of aliphatic imine (C=N–C) groups is 1. The fourth-order valence-corrected chi connectivity index (χ4v) is 4.91. The summed E-state index contributed by atoms with van der Waals surface area (Å²) in [6.45, 7) is 1.43. The number of allylic oxidation sites excluding steroid dienone is 2. The van der Waals surface area contributed by atoms with Gasteiger partial charge in [-0.3, -0.25) is 24.6 Å². The minimum Gasteiger partial charge on any atom is -0.461 e. The van der Waals surface area contributed by atoms with Crippen molar-refractivity contribution < 1.29 is 14.0 Å². The molecule has 2 aliphatic carbocycles. The number of rotatable bonds is 7. The first-order valence-corrected chi connectivity index (χ1v) is 10.6. The highest BCUT2D eigenvalue weighted by Gasteiger charge is 2.58. The average Bonchev–Trinajstić information content (AvgIpc) is 3.59. The van der Waals surface area contributed by atoms with Crippen LogP contribution in [0.1, 0.15) is 18.7 Å². The molecule has 3 aliphatic rings. The van der Waals surface area contributed by atoms with Crippen molar-refractivity contribution in [1.29, 1.82) is 0 Å². The lowest BCUT2D eigenvalue weighted by Gasteiger charge is -2.17. The van der Waals surface area contributed by atoms with Gasteiger partial charge in [0.15, 0.2) is 11.7 Å². The Balaban J connectivity index is 1.07. The second kappa shape index (κ2) is 8.01. The smallest absolute Gasteiger partial charge is 0.233 e. The maximum absolute atomic E-state index is 12.7. The lowest BCUT2D eigenvalue weighted by molar-refractivity contribution is -0.140. The van der Waals surface area contributed by atoms with E-state index in [2.05, 4.69) is 43.0 Å². The van der Waals surface area contributed by atoms with Gasteiger partial charge >= 0.3 is 0 Å². The van der Waals surface area contributed by atoms with Crippen LogP contribution in [0.2, 0.25) is 0 Å². The van der Waals surface area contributed by atoms with Crippen molar-refractivity contribution in [3.63, 3.8) is 0 Å². The van der Waals surface area contributed by atoms with Gasteiger partial charge in [-0.25, -0.2) is 4.98 Å². The number of fused-ring (bicyclic) bond motifs is 5. The van der Waals surface area contributed by atoms with E-state index in [-0.39, 0.29) is 35.5 Å². The summed E-state index contributed by atoms with van der Waals surface area (Å²) in [4.78, 5) is 35.5. The molecule has 0 radical (unpaired) electrons. The lowest BCUT2D eigenvalue weighted by atomic mass is 9.85. The van der Waals surface area contributed by atoms with E-state index >= 15 is 0 Å². The van der Waals surface area contributed by atoms with Crippen LogP contribution in [0.3, 0.4) is 0 Å². The van der Waals surface area contributed by atoms with Crippen LogP contribution in [0.4, 0.5) is 0 Å². The Labute approximate surface area is 179 Å². The molecule has 5 rings (SSSR count). The number of carbonyl (C=O) groups is 2. The van der Waals surface area contributed by atoms with Crippen molar-refractivity contribution in [2.75, 3.05) is 20.1 Å². The van der Waals surface area contributed by atoms with Crippen LogP contribution in [-0.4, -0.2) is 58.0 Å². The third kappa shape index (κ3) is 3.51. The average molecular weight is 423 g/mol. The zero-order chi connectivity index (χ0) is 21.4. The van der Waals surface area contributed by atoms with Crippen molar-refractivity contribution >= 4 is 17.8 Å². The Morgan fingerprint density at radius 2 is 2.03 bits per heavy atom. The van der Waals surface area contributed by atoms with Crippen molar-refractivity contribution in [2.45, 2.75) is 19.4 Å². The molecule has 162 valence electrons. The summed E-state index contributed by atoms with van der Waals surface area (Å²) in [5, 5.41) is 13.4. The molecule has 10 nitrogen and oxygen atoms in total. The molecule has 2 bridgehead atoms. The zero-order valence-corrected chi connectivity index (χ0v) is 17.2. The Morgan fingerprint density at radius 1 is 1.26 bits per heavy atom. The topological polar surface area (TPSA) is 129 Å². The summed E-state index contributed by atoms with van der Waals surface area (Å²) in [5.41, 5.74) is 0. The van der Waals surface area contributed by atoms with Crippen LogP contribution in [-0.2, 0) is 16.1 Å². The van der Waals surface area contributed by atoms with Gasteiger partial charge in [-0.2, -0.15) is 0 Å². The number of likely N-dealkylation sites (tertiary alicyclic amines) is 1. The molecule has 3 heterocycles. The predicted octanol–water partition coefficient (Wildman–Crippen LogP) is 0.927. The standard InChI is InChI=1S/C21H25N7O3/c1-22-21(24-11-15-25-18(27-26-15)14-4-2-9-31-14)23-7-3-8-28-19(29)16-12-5-6-13(10-12)17(16)20(28)30/h2,4-6,9,12-13,16-17H,3,7-8,10-11H2,1H3,(H2,22,23,24)(H,25,26,27). The van der Waals surface area contributed by atoms with E-state index in [1.807, 2.05) is 0 Å². The quantitative estimate of drug-likeness (QED) is 0.199. The molecule has 0 spiro atoms. The molecule has 4 unspecified atom stereocenters. The second-order valence-corrected chi connectivity index (χ2v) is 8.12. The number of hydrogen-bond donors (Lipinski definition) is 3. The Morgan fingerprint density at radius 3 is 2.71 bits per heavy atom. The molecule has 1 aliphatic heterocycles. The summed E-state index contributed by atoms with van der Waals surface area (Å²) < 4.78 is 5.28. The lowest BCUT2D eigenvalue weighted by Crippen LogP contribution is -2.39. The van der Waals surface area contributed by atoms with Gasteiger partial charge in [0.2, 0.25) is 17.6 Å². The number of H-pyrrole nitrogens is 1. The van der Waals surface area contributed by atoms with Gasteiger partial charge in [0, 0.05) is 20.1 Å². The van der Waals surface area contributed by atoms with Gasteiger partial charge < -0.3 is 15.1 Å². The fraction of sp³-hybridized carbons (Fsp3) is 0.476. The van der Waals surface area contributed by atoms with Gasteiger partial charge in [-0.15, -0.1) is 5.10 Å². The first-order chi connectivity index (χ1) is 15.2. The minimum atomic E-state index is -0.127. The highest BCUT2D eigenvalue weighted by Crippen LogP contribution is 2.52. The molecular weight excluding hydrogens is 398 g/mol. The number of nitrogens with zero attached hydrogens (tertiary/aromatic N) is 4. The van der Waals surface area contributed by atoms with E-state index in [0.717, 1.165) is 6.42 Å². The summed E-state index contributed by atoms with van der Waals surface area (Å²) in [6, 6.07) is 3.58. The van der Waals surface area contributed by atoms with Crippen LogP contribution in [0.25, 0.3) is 11.6 Å². The van der Waals surface area contributed by atoms with E-state index in [1.54, 1.807) is 25.4 Å². The van der Waals surface area contributed by atoms with Crippen molar-refractivity contribution in [1.82, 2.24) is 30.7 Å². The molecule has 2 aromatic rings. The SMILES string of the molecule is CN=C(NCCCN1C(=O)C2C3C=CC(C3)C2C1=O)NCc1nc(-c2ccco2)n[nH]1. The highest BCUT2D eigenvalue weighted by molar-refractivity contribution is 6.06. The van der Waals surface area contributed by atoms with Crippen molar-refractivity contribution in [3.05, 3.63) is 36.4 Å². The summed E-state index contributed by atoms with van der Waals surface area (Å²) in [5.74, 6) is 2.62. The molecule has 2 fully saturated rings. The second-order valence-electron chi connectivity index (χ2n) is 8.12. The number of amides is 2. The van der Waals surface area contributed by atoms with Gasteiger partial charge in [0.05, 0.1) is 24.6 Å². The van der Waals surface area contributed by atoms with E-state index in [1.165, 1.54) is 4.90 Å². The van der Waals surface area contributed by atoms with Gasteiger partial charge in [0.25, 0.3) is 0 Å². The normalized spacial score (nSPS) is 26.7. The summed E-state index contributed by atoms with van der Waals surface area (Å²) >= 11 is 0. The van der Waals surface area contributed by atoms with Gasteiger partial charge in [-0.1, -0.05) is 12.2 Å². The number of hydrogen-bond acceptors (Lipinski definition) is 6. The molecule has 10 heteroatoms.